The van der Waals surface area contributed by atoms with Crippen molar-refractivity contribution in [3.05, 3.63) is 0 Å². The molecule has 0 saturated heterocycles. The molecule has 0 heteroatoms. The number of unbranched alkanes of at least 4 members (excludes halogenated alkanes) is 10. The fourth-order valence-corrected chi connectivity index (χ4v) is 1.77. The van der Waals surface area contributed by atoms with Gasteiger partial charge in [-0.2, -0.15) is 0 Å². The maximum absolute atomic E-state index is 2.21. The summed E-state index contributed by atoms with van der Waals surface area (Å²) in [4.78, 5) is 0. The first-order valence-electron chi connectivity index (χ1n) is 12.1. The van der Waals surface area contributed by atoms with E-state index in [0.717, 1.165) is 0 Å². The minimum absolute atomic E-state index is 1.34. The Morgan fingerprint density at radius 3 is 0.280 bits per heavy atom. The quantitative estimate of drug-likeness (QED) is 0.363. The summed E-state index contributed by atoms with van der Waals surface area (Å²) in [6, 6.07) is 0. The molecule has 0 fully saturated rings. The Kier molecular flexibility index (Phi) is 81.3. The second kappa shape index (κ2) is 56.4. The first-order chi connectivity index (χ1) is 12.1. The zero-order chi connectivity index (χ0) is 20.6. The molecule has 0 saturated carbocycles. The van der Waals surface area contributed by atoms with Crippen molar-refractivity contribution in [3.63, 3.8) is 0 Å². The van der Waals surface area contributed by atoms with Crippen LogP contribution < -0.4 is 0 Å². The molecule has 0 rings (SSSR count). The summed E-state index contributed by atoms with van der Waals surface area (Å²) < 4.78 is 0. The first-order valence-corrected chi connectivity index (χ1v) is 12.1. The van der Waals surface area contributed by atoms with Crippen molar-refractivity contribution < 1.29 is 0 Å². The molecule has 0 aromatic heterocycles. The van der Waals surface area contributed by atoms with Crippen LogP contribution in [0.5, 0.6) is 0 Å². The Bertz CT molecular complexity index is 72.4. The molecule has 0 bridgehead atoms. The van der Waals surface area contributed by atoms with E-state index in [4.69, 9.17) is 0 Å². The number of hydrogen-bond acceptors (Lipinski definition) is 0. The van der Waals surface area contributed by atoms with E-state index < -0.39 is 0 Å². The van der Waals surface area contributed by atoms with Crippen LogP contribution in [0, 0.1) is 0 Å². The second-order valence-electron chi connectivity index (χ2n) is 6.77. The highest BCUT2D eigenvalue weighted by molar-refractivity contribution is 4.26. The van der Waals surface area contributed by atoms with Crippen molar-refractivity contribution in [2.75, 3.05) is 0 Å². The monoisotopic (exact) mass is 360 g/mol. The molecule has 0 amide bonds. The van der Waals surface area contributed by atoms with Gasteiger partial charge in [-0.05, 0) is 0 Å². The van der Waals surface area contributed by atoms with Crippen molar-refractivity contribution in [2.24, 2.45) is 0 Å². The van der Waals surface area contributed by atoms with Gasteiger partial charge in [0.05, 0.1) is 0 Å². The Hall–Kier alpha value is 0. The summed E-state index contributed by atoms with van der Waals surface area (Å²) in [5, 5.41) is 0. The molecule has 0 unspecified atom stereocenters. The van der Waals surface area contributed by atoms with E-state index >= 15 is 0 Å². The minimum atomic E-state index is 1.34. The van der Waals surface area contributed by atoms with Crippen LogP contribution in [0.25, 0.3) is 0 Å². The smallest absolute Gasteiger partial charge is 0.0538 e. The number of hydrogen-bond donors (Lipinski definition) is 0. The Morgan fingerprint density at radius 2 is 0.280 bits per heavy atom. The summed E-state index contributed by atoms with van der Waals surface area (Å²) in [6.07, 6.45) is 20.4. The third-order valence-electron chi connectivity index (χ3n) is 3.54. The molecule has 0 heterocycles. The summed E-state index contributed by atoms with van der Waals surface area (Å²) in [7, 11) is 0. The van der Waals surface area contributed by atoms with Crippen LogP contribution in [0.4, 0.5) is 0 Å². The van der Waals surface area contributed by atoms with Crippen molar-refractivity contribution in [1.82, 2.24) is 0 Å². The Morgan fingerprint density at radius 1 is 0.200 bits per heavy atom. The molecule has 0 aliphatic carbocycles. The van der Waals surface area contributed by atoms with E-state index in [2.05, 4.69) is 69.2 Å². The highest BCUT2D eigenvalue weighted by atomic mass is 13.8. The lowest BCUT2D eigenvalue weighted by molar-refractivity contribution is 0.772. The normalized spacial score (nSPS) is 8.40. The first kappa shape index (κ1) is 36.0. The van der Waals surface area contributed by atoms with E-state index in [1.807, 2.05) is 0 Å². The van der Waals surface area contributed by atoms with Crippen LogP contribution >= 0.6 is 0 Å². The summed E-state index contributed by atoms with van der Waals surface area (Å²) in [5.41, 5.74) is 0. The Labute approximate surface area is 166 Å². The van der Waals surface area contributed by atoms with Gasteiger partial charge in [0, 0.05) is 0 Å². The maximum atomic E-state index is 2.21. The zero-order valence-corrected chi connectivity index (χ0v) is 20.6. The molecule has 0 aromatic rings. The van der Waals surface area contributed by atoms with Crippen molar-refractivity contribution >= 4 is 0 Å². The highest BCUT2D eigenvalue weighted by Gasteiger charge is 1.70. The van der Waals surface area contributed by atoms with Gasteiger partial charge in [0.2, 0.25) is 0 Å². The van der Waals surface area contributed by atoms with Gasteiger partial charge < -0.3 is 0 Å². The molecule has 0 aliphatic heterocycles. The molecule has 25 heavy (non-hydrogen) atoms. The SMILES string of the molecule is CCCCC.CCCCC.CCCCC.CCCCC.CCCCC. The Balaban J connectivity index is -0.0000000667. The molecule has 0 aromatic carbocycles. The molecule has 160 valence electrons. The fraction of sp³-hybridized carbons (Fsp3) is 1.00. The van der Waals surface area contributed by atoms with Crippen LogP contribution in [0.3, 0.4) is 0 Å². The number of rotatable bonds is 10. The molecular weight excluding hydrogens is 300 g/mol. The van der Waals surface area contributed by atoms with Crippen molar-refractivity contribution in [2.45, 2.75) is 166 Å². The van der Waals surface area contributed by atoms with Crippen LogP contribution in [0.15, 0.2) is 0 Å². The van der Waals surface area contributed by atoms with Gasteiger partial charge in [0.1, 0.15) is 0 Å². The third kappa shape index (κ3) is 116. The van der Waals surface area contributed by atoms with Crippen LogP contribution in [0.2, 0.25) is 0 Å². The van der Waals surface area contributed by atoms with E-state index in [0.29, 0.717) is 0 Å². The van der Waals surface area contributed by atoms with Gasteiger partial charge in [-0.1, -0.05) is 166 Å². The van der Waals surface area contributed by atoms with Gasteiger partial charge in [0.15, 0.2) is 0 Å². The third-order valence-corrected chi connectivity index (χ3v) is 3.54. The van der Waals surface area contributed by atoms with Crippen LogP contribution in [0.1, 0.15) is 166 Å². The molecule has 0 spiro atoms. The fourth-order valence-electron chi connectivity index (χ4n) is 1.77. The average molecular weight is 361 g/mol. The molecule has 0 N–H and O–H groups in total. The lowest BCUT2D eigenvalue weighted by atomic mass is 10.3. The predicted molar refractivity (Wildman–Crippen MR) is 126 cm³/mol. The van der Waals surface area contributed by atoms with E-state index in [-0.39, 0.29) is 0 Å². The van der Waals surface area contributed by atoms with Gasteiger partial charge in [-0.25, -0.2) is 0 Å². The maximum Gasteiger partial charge on any atom is -0.0538 e. The van der Waals surface area contributed by atoms with E-state index in [1.54, 1.807) is 0 Å². The van der Waals surface area contributed by atoms with Gasteiger partial charge in [-0.15, -0.1) is 0 Å². The standard InChI is InChI=1S/5C5H12/c5*1-3-5-4-2/h5*3-5H2,1-2H3. The topological polar surface area (TPSA) is 0 Å². The molecule has 0 radical (unpaired) electrons. The van der Waals surface area contributed by atoms with E-state index in [1.165, 1.54) is 96.3 Å². The molecular formula is C25H60. The lowest BCUT2D eigenvalue weighted by Crippen LogP contribution is -1.59. The minimum Gasteiger partial charge on any atom is -0.0654 e. The zero-order valence-electron chi connectivity index (χ0n) is 20.6. The van der Waals surface area contributed by atoms with Crippen LogP contribution in [-0.2, 0) is 0 Å². The molecule has 0 nitrogen and oxygen atoms in total. The lowest BCUT2D eigenvalue weighted by Gasteiger charge is -1.79. The predicted octanol–water partition coefficient (Wildman–Crippen LogP) is 11.0. The van der Waals surface area contributed by atoms with Crippen molar-refractivity contribution in [1.29, 1.82) is 0 Å². The molecule has 0 aliphatic rings. The van der Waals surface area contributed by atoms with Gasteiger partial charge in [-0.3, -0.25) is 0 Å². The van der Waals surface area contributed by atoms with E-state index in [9.17, 15) is 0 Å². The van der Waals surface area contributed by atoms with Gasteiger partial charge in [0.25, 0.3) is 0 Å². The second-order valence-corrected chi connectivity index (χ2v) is 6.77. The van der Waals surface area contributed by atoms with Crippen molar-refractivity contribution in [3.8, 4) is 0 Å². The summed E-state index contributed by atoms with van der Waals surface area (Å²) >= 11 is 0. The average Bonchev–Trinajstić information content (AvgIpc) is 2.61. The largest absolute Gasteiger partial charge is 0.0654 e. The molecule has 0 atom stereocenters. The highest BCUT2D eigenvalue weighted by Crippen LogP contribution is 1.90. The van der Waals surface area contributed by atoms with Crippen LogP contribution in [-0.4, -0.2) is 0 Å². The summed E-state index contributed by atoms with van der Waals surface area (Å²) in [6.45, 7) is 22.1. The summed E-state index contributed by atoms with van der Waals surface area (Å²) in [5.74, 6) is 0. The van der Waals surface area contributed by atoms with Gasteiger partial charge >= 0.3 is 0 Å².